The molecular formula is C42H22N2O2. The molecule has 0 spiro atoms. The van der Waals surface area contributed by atoms with E-state index >= 15 is 0 Å². The Labute approximate surface area is 260 Å². The summed E-state index contributed by atoms with van der Waals surface area (Å²) in [6.45, 7) is 0. The number of para-hydroxylation sites is 4. The van der Waals surface area contributed by atoms with E-state index in [-0.39, 0.29) is 5.92 Å². The Morgan fingerprint density at radius 3 is 2.15 bits per heavy atom. The van der Waals surface area contributed by atoms with Crippen LogP contribution in [0.2, 0.25) is 0 Å². The standard InChI is InChI=1S/C42H22N2O2/c1-5-13-31-23(11-1)37-39-27(17-29-21-9-3-7-15-35(21)45-41(29)37)25-20-34-26(19-33(25)43(31)39)28-18-30-22-10-4-8-16-36(22)46-42(30)38-24-12-2-6-14-32(24)44(34)40(28)38/h1-17,19-20,30H,18H2. The van der Waals surface area contributed by atoms with E-state index in [1.54, 1.807) is 0 Å². The lowest BCUT2D eigenvalue weighted by molar-refractivity contribution is 0.509. The Hall–Kier alpha value is -6.00. The summed E-state index contributed by atoms with van der Waals surface area (Å²) in [5.74, 6) is 2.32. The zero-order valence-corrected chi connectivity index (χ0v) is 24.5. The number of aromatic nitrogens is 2. The summed E-state index contributed by atoms with van der Waals surface area (Å²) in [5.41, 5.74) is 12.1. The van der Waals surface area contributed by atoms with Crippen LogP contribution in [0, 0.1) is 0 Å². The van der Waals surface area contributed by atoms with Crippen molar-refractivity contribution in [2.75, 3.05) is 0 Å². The summed E-state index contributed by atoms with van der Waals surface area (Å²) in [5, 5.41) is 11.2. The van der Waals surface area contributed by atoms with Gasteiger partial charge in [-0.3, -0.25) is 0 Å². The normalized spacial score (nSPS) is 16.1. The molecule has 4 nitrogen and oxygen atoms in total. The maximum Gasteiger partial charge on any atom is 0.145 e. The van der Waals surface area contributed by atoms with Gasteiger partial charge in [-0.15, -0.1) is 0 Å². The maximum absolute atomic E-state index is 6.68. The second kappa shape index (κ2) is 7.27. The van der Waals surface area contributed by atoms with Gasteiger partial charge >= 0.3 is 0 Å². The molecule has 4 heteroatoms. The molecule has 2 aliphatic rings. The fourth-order valence-corrected chi connectivity index (χ4v) is 9.38. The highest BCUT2D eigenvalue weighted by molar-refractivity contribution is 6.33. The molecule has 1 unspecified atom stereocenters. The van der Waals surface area contributed by atoms with E-state index in [1.807, 2.05) is 0 Å². The maximum atomic E-state index is 6.68. The van der Waals surface area contributed by atoms with E-state index < -0.39 is 0 Å². The number of rotatable bonds is 0. The van der Waals surface area contributed by atoms with Gasteiger partial charge in [-0.1, -0.05) is 72.8 Å². The summed E-state index contributed by atoms with van der Waals surface area (Å²) >= 11 is 0. The van der Waals surface area contributed by atoms with Crippen molar-refractivity contribution in [2.45, 2.75) is 12.3 Å². The second-order valence-electron chi connectivity index (χ2n) is 13.2. The van der Waals surface area contributed by atoms with Gasteiger partial charge in [0.2, 0.25) is 0 Å². The number of nitrogens with zero attached hydrogens (tertiary/aromatic N) is 2. The monoisotopic (exact) mass is 586 g/mol. The summed E-state index contributed by atoms with van der Waals surface area (Å²) in [6.07, 6.45) is 0.926. The first-order valence-corrected chi connectivity index (χ1v) is 16.0. The molecule has 0 bridgehead atoms. The molecule has 6 aromatic carbocycles. The van der Waals surface area contributed by atoms with Gasteiger partial charge in [0.15, 0.2) is 0 Å². The van der Waals surface area contributed by atoms with Crippen LogP contribution in [0.25, 0.3) is 93.1 Å². The molecule has 6 heterocycles. The third-order valence-electron chi connectivity index (χ3n) is 11.1. The smallest absolute Gasteiger partial charge is 0.145 e. The Bertz CT molecular complexity index is 3260. The number of fused-ring (bicyclic) bond motifs is 19. The van der Waals surface area contributed by atoms with Crippen molar-refractivity contribution in [2.24, 2.45) is 0 Å². The molecule has 46 heavy (non-hydrogen) atoms. The zero-order valence-electron chi connectivity index (χ0n) is 24.5. The topological polar surface area (TPSA) is 31.2 Å². The quantitative estimate of drug-likeness (QED) is 0.177. The van der Waals surface area contributed by atoms with E-state index in [4.69, 9.17) is 9.15 Å². The fraction of sp³-hybridized carbons (Fsp3) is 0.0476. The SMILES string of the molecule is c1ccc2c(c1)OC1=c3c4ccccc4n4c3c(c3cc5c(cc34)c3cc4c6ccccc6oc4c4c6ccccc6n5c34)CC12. The largest absolute Gasteiger partial charge is 0.460 e. The van der Waals surface area contributed by atoms with Crippen molar-refractivity contribution < 1.29 is 9.15 Å². The van der Waals surface area contributed by atoms with Gasteiger partial charge in [-0.2, -0.15) is 0 Å². The van der Waals surface area contributed by atoms with Gasteiger partial charge in [-0.05, 0) is 54.4 Å². The number of furan rings is 1. The minimum atomic E-state index is 0.216. The van der Waals surface area contributed by atoms with E-state index in [9.17, 15) is 0 Å². The predicted molar refractivity (Wildman–Crippen MR) is 186 cm³/mol. The highest BCUT2D eigenvalue weighted by atomic mass is 16.5. The van der Waals surface area contributed by atoms with Gasteiger partial charge < -0.3 is 18.0 Å². The third kappa shape index (κ3) is 2.31. The molecule has 1 aliphatic heterocycles. The molecule has 0 N–H and O–H groups in total. The van der Waals surface area contributed by atoms with E-state index in [0.29, 0.717) is 0 Å². The molecule has 212 valence electrons. The van der Waals surface area contributed by atoms with Crippen LogP contribution < -0.4 is 9.96 Å². The molecule has 0 saturated carbocycles. The van der Waals surface area contributed by atoms with E-state index in [0.717, 1.165) is 34.5 Å². The Morgan fingerprint density at radius 1 is 0.543 bits per heavy atom. The van der Waals surface area contributed by atoms with Crippen molar-refractivity contribution in [1.29, 1.82) is 0 Å². The van der Waals surface area contributed by atoms with Crippen molar-refractivity contribution in [1.82, 2.24) is 8.80 Å². The number of benzene rings is 6. The van der Waals surface area contributed by atoms with Gasteiger partial charge in [0.05, 0.1) is 44.4 Å². The molecule has 5 aromatic heterocycles. The molecule has 0 amide bonds. The molecular weight excluding hydrogens is 564 g/mol. The molecule has 13 rings (SSSR count). The number of hydrogen-bond donors (Lipinski definition) is 0. The van der Waals surface area contributed by atoms with E-state index in [1.165, 1.54) is 87.1 Å². The van der Waals surface area contributed by atoms with E-state index in [2.05, 4.69) is 124 Å². The fourth-order valence-electron chi connectivity index (χ4n) is 9.38. The minimum absolute atomic E-state index is 0.216. The van der Waals surface area contributed by atoms with Gasteiger partial charge in [0.1, 0.15) is 22.7 Å². The Kier molecular flexibility index (Phi) is 3.56. The average Bonchev–Trinajstić information content (AvgIpc) is 3.92. The first-order chi connectivity index (χ1) is 22.8. The summed E-state index contributed by atoms with van der Waals surface area (Å²) in [6, 6.07) is 42.0. The van der Waals surface area contributed by atoms with Crippen LogP contribution in [0.3, 0.4) is 0 Å². The van der Waals surface area contributed by atoms with Crippen LogP contribution in [0.1, 0.15) is 17.0 Å². The van der Waals surface area contributed by atoms with Crippen molar-refractivity contribution >= 4 is 93.1 Å². The van der Waals surface area contributed by atoms with Crippen LogP contribution in [0.4, 0.5) is 0 Å². The molecule has 11 aromatic rings. The van der Waals surface area contributed by atoms with Crippen molar-refractivity contribution in [3.63, 3.8) is 0 Å². The molecule has 0 saturated heterocycles. The molecule has 0 fully saturated rings. The lowest BCUT2D eigenvalue weighted by Crippen LogP contribution is -2.19. The summed E-state index contributed by atoms with van der Waals surface area (Å²) in [7, 11) is 0. The van der Waals surface area contributed by atoms with Crippen molar-refractivity contribution in [3.05, 3.63) is 132 Å². The number of hydrogen-bond acceptors (Lipinski definition) is 2. The van der Waals surface area contributed by atoms with Crippen LogP contribution in [-0.2, 0) is 6.42 Å². The predicted octanol–water partition coefficient (Wildman–Crippen LogP) is 9.85. The second-order valence-corrected chi connectivity index (χ2v) is 13.2. The average molecular weight is 587 g/mol. The molecule has 1 aliphatic carbocycles. The molecule has 0 radical (unpaired) electrons. The zero-order chi connectivity index (χ0) is 29.4. The van der Waals surface area contributed by atoms with Gasteiger partial charge in [-0.25, -0.2) is 0 Å². The third-order valence-corrected chi connectivity index (χ3v) is 11.1. The van der Waals surface area contributed by atoms with Gasteiger partial charge in [0.25, 0.3) is 0 Å². The minimum Gasteiger partial charge on any atom is -0.460 e. The van der Waals surface area contributed by atoms with Crippen LogP contribution in [0.15, 0.2) is 120 Å². The Morgan fingerprint density at radius 2 is 1.24 bits per heavy atom. The first-order valence-electron chi connectivity index (χ1n) is 16.0. The van der Waals surface area contributed by atoms with Crippen LogP contribution in [-0.4, -0.2) is 8.80 Å². The van der Waals surface area contributed by atoms with Crippen LogP contribution >= 0.6 is 0 Å². The van der Waals surface area contributed by atoms with Crippen LogP contribution in [0.5, 0.6) is 5.75 Å². The molecule has 1 atom stereocenters. The van der Waals surface area contributed by atoms with Crippen molar-refractivity contribution in [3.8, 4) is 5.75 Å². The lowest BCUT2D eigenvalue weighted by Gasteiger charge is -2.16. The highest BCUT2D eigenvalue weighted by Gasteiger charge is 2.37. The highest BCUT2D eigenvalue weighted by Crippen LogP contribution is 2.50. The summed E-state index contributed by atoms with van der Waals surface area (Å²) in [4.78, 5) is 0. The lowest BCUT2D eigenvalue weighted by atomic mass is 9.86. The van der Waals surface area contributed by atoms with Gasteiger partial charge in [0, 0.05) is 48.5 Å². The number of ether oxygens (including phenoxy) is 1. The summed E-state index contributed by atoms with van der Waals surface area (Å²) < 4.78 is 18.3. The Balaban J connectivity index is 1.27. The first kappa shape index (κ1) is 22.5.